The van der Waals surface area contributed by atoms with Crippen molar-refractivity contribution in [1.29, 1.82) is 0 Å². The summed E-state index contributed by atoms with van der Waals surface area (Å²) in [7, 11) is 3.94. The quantitative estimate of drug-likeness (QED) is 0.437. The van der Waals surface area contributed by atoms with Gasteiger partial charge in [-0.1, -0.05) is 45.0 Å². The summed E-state index contributed by atoms with van der Waals surface area (Å²) in [5.41, 5.74) is 2.56. The lowest BCUT2D eigenvalue weighted by Gasteiger charge is -2.27. The van der Waals surface area contributed by atoms with Gasteiger partial charge < -0.3 is 14.9 Å². The van der Waals surface area contributed by atoms with Gasteiger partial charge in [-0.3, -0.25) is 14.6 Å². The van der Waals surface area contributed by atoms with E-state index in [2.05, 4.69) is 25.8 Å². The minimum absolute atomic E-state index is 0.0108. The number of nitrogens with zero attached hydrogens (tertiary/aromatic N) is 3. The van der Waals surface area contributed by atoms with Crippen LogP contribution >= 0.6 is 0 Å². The number of Topliss-reactive ketones (excluding diaryl/α,β-unsaturated/α-hetero) is 1. The van der Waals surface area contributed by atoms with Crippen LogP contribution in [0.5, 0.6) is 0 Å². The van der Waals surface area contributed by atoms with Crippen LogP contribution in [0.2, 0.25) is 0 Å². The molecule has 1 aromatic heterocycles. The Morgan fingerprint density at radius 3 is 2.23 bits per heavy atom. The molecular formula is C25H31N3O3. The van der Waals surface area contributed by atoms with Crippen molar-refractivity contribution in [3.05, 3.63) is 71.1 Å². The molecule has 0 aliphatic carbocycles. The van der Waals surface area contributed by atoms with Gasteiger partial charge in [0.1, 0.15) is 5.76 Å². The highest BCUT2D eigenvalue weighted by Gasteiger charge is 2.45. The number of pyridine rings is 1. The number of aliphatic hydroxyl groups excluding tert-OH is 1. The largest absolute Gasteiger partial charge is 0.507 e. The third kappa shape index (κ3) is 4.85. The Morgan fingerprint density at radius 2 is 1.68 bits per heavy atom. The standard InChI is InChI=1S/C25H31N3O3/c1-25(2,3)19-9-7-17(8-10-19)21-20(22(29)18-11-13-26-14-12-18)23(30)24(31)28(21)16-6-15-27(4)5/h7-14,21,29H,6,15-16H2,1-5H3/t21-/m1/s1. The lowest BCUT2D eigenvalue weighted by molar-refractivity contribution is -0.139. The molecule has 3 rings (SSSR count). The van der Waals surface area contributed by atoms with Gasteiger partial charge in [0.2, 0.25) is 0 Å². The second kappa shape index (κ2) is 9.02. The molecule has 0 unspecified atom stereocenters. The lowest BCUT2D eigenvalue weighted by atomic mass is 9.85. The molecule has 0 bridgehead atoms. The molecule has 0 radical (unpaired) electrons. The maximum Gasteiger partial charge on any atom is 0.295 e. The molecule has 1 N–H and O–H groups in total. The molecule has 1 aliphatic rings. The molecule has 2 aromatic rings. The Morgan fingerprint density at radius 1 is 1.06 bits per heavy atom. The lowest BCUT2D eigenvalue weighted by Crippen LogP contribution is -2.32. The Bertz CT molecular complexity index is 973. The van der Waals surface area contributed by atoms with Crippen molar-refractivity contribution in [2.24, 2.45) is 0 Å². The van der Waals surface area contributed by atoms with Crippen LogP contribution < -0.4 is 0 Å². The number of carbonyl (C=O) groups excluding carboxylic acids is 2. The van der Waals surface area contributed by atoms with Crippen LogP contribution in [-0.2, 0) is 15.0 Å². The van der Waals surface area contributed by atoms with Crippen molar-refractivity contribution in [1.82, 2.24) is 14.8 Å². The molecule has 1 saturated heterocycles. The van der Waals surface area contributed by atoms with Crippen molar-refractivity contribution >= 4 is 17.4 Å². The number of aliphatic hydroxyl groups is 1. The van der Waals surface area contributed by atoms with E-state index in [-0.39, 0.29) is 16.7 Å². The molecule has 164 valence electrons. The molecule has 0 spiro atoms. The van der Waals surface area contributed by atoms with Crippen LogP contribution in [0.4, 0.5) is 0 Å². The van der Waals surface area contributed by atoms with Crippen molar-refractivity contribution in [2.75, 3.05) is 27.2 Å². The smallest absolute Gasteiger partial charge is 0.295 e. The highest BCUT2D eigenvalue weighted by molar-refractivity contribution is 6.46. The van der Waals surface area contributed by atoms with Crippen LogP contribution in [0, 0.1) is 0 Å². The Labute approximate surface area is 184 Å². The second-order valence-electron chi connectivity index (χ2n) is 9.26. The molecule has 1 atom stereocenters. The van der Waals surface area contributed by atoms with Gasteiger partial charge in [-0.15, -0.1) is 0 Å². The van der Waals surface area contributed by atoms with Crippen LogP contribution in [0.15, 0.2) is 54.4 Å². The Hall–Kier alpha value is -2.99. The van der Waals surface area contributed by atoms with Gasteiger partial charge in [-0.25, -0.2) is 0 Å². The number of benzene rings is 1. The fourth-order valence-corrected chi connectivity index (χ4v) is 3.85. The number of hydrogen-bond acceptors (Lipinski definition) is 5. The maximum absolute atomic E-state index is 13.0. The van der Waals surface area contributed by atoms with E-state index in [0.29, 0.717) is 12.1 Å². The average Bonchev–Trinajstić information content (AvgIpc) is 2.98. The molecule has 2 heterocycles. The zero-order chi connectivity index (χ0) is 22.8. The molecular weight excluding hydrogens is 390 g/mol. The first-order chi connectivity index (χ1) is 14.6. The highest BCUT2D eigenvalue weighted by Crippen LogP contribution is 2.40. The van der Waals surface area contributed by atoms with Crippen molar-refractivity contribution in [3.63, 3.8) is 0 Å². The predicted octanol–water partition coefficient (Wildman–Crippen LogP) is 3.75. The number of rotatable bonds is 6. The van der Waals surface area contributed by atoms with E-state index in [1.165, 1.54) is 0 Å². The van der Waals surface area contributed by atoms with Gasteiger partial charge in [-0.2, -0.15) is 0 Å². The average molecular weight is 422 g/mol. The first kappa shape index (κ1) is 22.7. The molecule has 31 heavy (non-hydrogen) atoms. The minimum Gasteiger partial charge on any atom is -0.507 e. The number of aromatic nitrogens is 1. The van der Waals surface area contributed by atoms with Crippen LogP contribution in [-0.4, -0.2) is 58.8 Å². The summed E-state index contributed by atoms with van der Waals surface area (Å²) in [5.74, 6) is -1.39. The summed E-state index contributed by atoms with van der Waals surface area (Å²) in [6.45, 7) is 7.64. The molecule has 1 amide bonds. The first-order valence-electron chi connectivity index (χ1n) is 10.5. The third-order valence-corrected chi connectivity index (χ3v) is 5.59. The zero-order valence-corrected chi connectivity index (χ0v) is 18.9. The fourth-order valence-electron chi connectivity index (χ4n) is 3.85. The van der Waals surface area contributed by atoms with Crippen LogP contribution in [0.25, 0.3) is 5.76 Å². The molecule has 6 nitrogen and oxygen atoms in total. The number of ketones is 1. The number of hydrogen-bond donors (Lipinski definition) is 1. The van der Waals surface area contributed by atoms with E-state index in [0.717, 1.165) is 24.1 Å². The maximum atomic E-state index is 13.0. The van der Waals surface area contributed by atoms with Gasteiger partial charge >= 0.3 is 0 Å². The summed E-state index contributed by atoms with van der Waals surface area (Å²) < 4.78 is 0. The van der Waals surface area contributed by atoms with E-state index in [9.17, 15) is 14.7 Å². The van der Waals surface area contributed by atoms with E-state index in [1.807, 2.05) is 43.3 Å². The number of amides is 1. The van der Waals surface area contributed by atoms with Crippen molar-refractivity contribution in [3.8, 4) is 0 Å². The van der Waals surface area contributed by atoms with E-state index in [1.54, 1.807) is 29.4 Å². The summed E-state index contributed by atoms with van der Waals surface area (Å²) in [6.07, 6.45) is 3.83. The van der Waals surface area contributed by atoms with Crippen molar-refractivity contribution in [2.45, 2.75) is 38.6 Å². The molecule has 1 fully saturated rings. The van der Waals surface area contributed by atoms with Gasteiger partial charge in [0, 0.05) is 24.5 Å². The predicted molar refractivity (Wildman–Crippen MR) is 122 cm³/mol. The topological polar surface area (TPSA) is 73.7 Å². The van der Waals surface area contributed by atoms with E-state index < -0.39 is 17.7 Å². The van der Waals surface area contributed by atoms with E-state index in [4.69, 9.17) is 0 Å². The molecule has 1 aromatic carbocycles. The summed E-state index contributed by atoms with van der Waals surface area (Å²) in [4.78, 5) is 33.5. The minimum atomic E-state index is -0.649. The van der Waals surface area contributed by atoms with Gasteiger partial charge in [-0.05, 0) is 55.7 Å². The molecule has 0 saturated carbocycles. The van der Waals surface area contributed by atoms with Crippen LogP contribution in [0.3, 0.4) is 0 Å². The summed E-state index contributed by atoms with van der Waals surface area (Å²) in [5, 5.41) is 11.0. The van der Waals surface area contributed by atoms with Gasteiger partial charge in [0.25, 0.3) is 11.7 Å². The number of likely N-dealkylation sites (tertiary alicyclic amines) is 1. The van der Waals surface area contributed by atoms with Gasteiger partial charge in [0.15, 0.2) is 0 Å². The SMILES string of the molecule is CN(C)CCCN1C(=O)C(=O)C(=C(O)c2ccncc2)[C@H]1c1ccc(C(C)(C)C)cc1. The zero-order valence-electron chi connectivity index (χ0n) is 18.9. The first-order valence-corrected chi connectivity index (χ1v) is 10.5. The van der Waals surface area contributed by atoms with Gasteiger partial charge in [0.05, 0.1) is 11.6 Å². The monoisotopic (exact) mass is 421 g/mol. The highest BCUT2D eigenvalue weighted by atomic mass is 16.3. The summed E-state index contributed by atoms with van der Waals surface area (Å²) in [6, 6.07) is 10.6. The third-order valence-electron chi connectivity index (χ3n) is 5.59. The van der Waals surface area contributed by atoms with Crippen molar-refractivity contribution < 1.29 is 14.7 Å². The Balaban J connectivity index is 2.08. The normalized spacial score (nSPS) is 18.8. The molecule has 6 heteroatoms. The number of carbonyl (C=O) groups is 2. The molecule has 1 aliphatic heterocycles. The Kier molecular flexibility index (Phi) is 6.60. The second-order valence-corrected chi connectivity index (χ2v) is 9.26. The van der Waals surface area contributed by atoms with E-state index >= 15 is 0 Å². The fraction of sp³-hybridized carbons (Fsp3) is 0.400. The summed E-state index contributed by atoms with van der Waals surface area (Å²) >= 11 is 0. The van der Waals surface area contributed by atoms with Crippen LogP contribution in [0.1, 0.15) is 49.9 Å².